The molecule has 1 rings (SSSR count). The molecule has 0 radical (unpaired) electrons. The molecule has 0 fully saturated rings. The average molecular weight is 227 g/mol. The molecule has 1 atom stereocenters. The molecule has 16 heavy (non-hydrogen) atoms. The number of nitrogens with zero attached hydrogens (tertiary/aromatic N) is 3. The molecule has 0 saturated heterocycles. The van der Waals surface area contributed by atoms with Crippen LogP contribution < -0.4 is 0 Å². The Labute approximate surface area is 94.1 Å². The Hall–Kier alpha value is -1.40. The van der Waals surface area contributed by atoms with Crippen molar-refractivity contribution < 1.29 is 15.0 Å². The molecule has 0 aliphatic heterocycles. The summed E-state index contributed by atoms with van der Waals surface area (Å²) in [7, 11) is 3.53. The molecular weight excluding hydrogens is 210 g/mol. The van der Waals surface area contributed by atoms with Crippen molar-refractivity contribution in [3.05, 3.63) is 17.5 Å². The van der Waals surface area contributed by atoms with Gasteiger partial charge in [-0.25, -0.2) is 4.79 Å². The van der Waals surface area contributed by atoms with Crippen LogP contribution in [-0.4, -0.2) is 50.6 Å². The molecule has 6 nitrogen and oxygen atoms in total. The van der Waals surface area contributed by atoms with E-state index in [1.165, 1.54) is 6.20 Å². The zero-order chi connectivity index (χ0) is 12.3. The number of aromatic nitrogens is 2. The summed E-state index contributed by atoms with van der Waals surface area (Å²) in [4.78, 5) is 12.8. The van der Waals surface area contributed by atoms with Gasteiger partial charge in [0, 0.05) is 20.1 Å². The van der Waals surface area contributed by atoms with E-state index in [0.29, 0.717) is 18.8 Å². The third kappa shape index (κ3) is 3.04. The minimum absolute atomic E-state index is 0.208. The van der Waals surface area contributed by atoms with Crippen molar-refractivity contribution >= 4 is 5.97 Å². The van der Waals surface area contributed by atoms with E-state index in [9.17, 15) is 9.90 Å². The van der Waals surface area contributed by atoms with Crippen LogP contribution in [0.4, 0.5) is 0 Å². The van der Waals surface area contributed by atoms with Gasteiger partial charge >= 0.3 is 5.97 Å². The van der Waals surface area contributed by atoms with Crippen LogP contribution in [0.3, 0.4) is 0 Å². The van der Waals surface area contributed by atoms with Crippen molar-refractivity contribution in [1.29, 1.82) is 0 Å². The number of carbonyl (C=O) groups is 1. The van der Waals surface area contributed by atoms with E-state index in [1.807, 2.05) is 11.9 Å². The third-order valence-corrected chi connectivity index (χ3v) is 2.29. The number of rotatable bonds is 5. The minimum atomic E-state index is -0.978. The van der Waals surface area contributed by atoms with E-state index in [2.05, 4.69) is 5.10 Å². The first-order valence-electron chi connectivity index (χ1n) is 5.02. The molecule has 2 N–H and O–H groups in total. The number of aromatic carboxylic acids is 1. The fourth-order valence-electron chi connectivity index (χ4n) is 1.60. The van der Waals surface area contributed by atoms with Gasteiger partial charge < -0.3 is 10.2 Å². The molecule has 0 spiro atoms. The summed E-state index contributed by atoms with van der Waals surface area (Å²) in [5, 5.41) is 22.1. The van der Waals surface area contributed by atoms with Crippen LogP contribution in [0.25, 0.3) is 0 Å². The average Bonchev–Trinajstić information content (AvgIpc) is 2.46. The Morgan fingerprint density at radius 3 is 2.81 bits per heavy atom. The molecule has 6 heteroatoms. The highest BCUT2D eigenvalue weighted by Gasteiger charge is 2.16. The summed E-state index contributed by atoms with van der Waals surface area (Å²) < 4.78 is 1.54. The van der Waals surface area contributed by atoms with Crippen molar-refractivity contribution in [3.63, 3.8) is 0 Å². The van der Waals surface area contributed by atoms with Crippen molar-refractivity contribution in [2.75, 3.05) is 13.6 Å². The second-order valence-electron chi connectivity index (χ2n) is 3.98. The third-order valence-electron chi connectivity index (χ3n) is 2.29. The number of hydrogen-bond acceptors (Lipinski definition) is 4. The fourth-order valence-corrected chi connectivity index (χ4v) is 1.60. The lowest BCUT2D eigenvalue weighted by atomic mass is 10.2. The van der Waals surface area contributed by atoms with Crippen molar-refractivity contribution in [1.82, 2.24) is 14.7 Å². The monoisotopic (exact) mass is 227 g/mol. The van der Waals surface area contributed by atoms with E-state index in [-0.39, 0.29) is 5.56 Å². The zero-order valence-electron chi connectivity index (χ0n) is 9.71. The van der Waals surface area contributed by atoms with Gasteiger partial charge in [-0.15, -0.1) is 0 Å². The van der Waals surface area contributed by atoms with Crippen molar-refractivity contribution in [2.24, 2.45) is 7.05 Å². The summed E-state index contributed by atoms with van der Waals surface area (Å²) in [5.41, 5.74) is 0.843. The van der Waals surface area contributed by atoms with E-state index in [4.69, 9.17) is 5.11 Å². The molecule has 1 unspecified atom stereocenters. The number of aryl methyl sites for hydroxylation is 1. The van der Waals surface area contributed by atoms with E-state index >= 15 is 0 Å². The molecular formula is C10H17N3O3. The first-order valence-corrected chi connectivity index (χ1v) is 5.02. The van der Waals surface area contributed by atoms with Gasteiger partial charge in [-0.1, -0.05) is 0 Å². The maximum Gasteiger partial charge on any atom is 0.339 e. The van der Waals surface area contributed by atoms with Crippen LogP contribution in [0, 0.1) is 0 Å². The molecule has 0 aliphatic carbocycles. The summed E-state index contributed by atoms with van der Waals surface area (Å²) in [5.74, 6) is -0.978. The Balaban J connectivity index is 2.79. The second-order valence-corrected chi connectivity index (χ2v) is 3.98. The predicted octanol–water partition coefficient (Wildman–Crippen LogP) is -0.0691. The van der Waals surface area contributed by atoms with E-state index in [0.717, 1.165) is 0 Å². The van der Waals surface area contributed by atoms with E-state index < -0.39 is 12.1 Å². The van der Waals surface area contributed by atoms with Crippen LogP contribution in [-0.2, 0) is 13.6 Å². The van der Waals surface area contributed by atoms with Gasteiger partial charge in [-0.2, -0.15) is 5.10 Å². The van der Waals surface area contributed by atoms with Gasteiger partial charge in [0.2, 0.25) is 0 Å². The Bertz CT molecular complexity index is 373. The summed E-state index contributed by atoms with van der Waals surface area (Å²) in [6.45, 7) is 2.63. The normalized spacial score (nSPS) is 13.1. The number of aliphatic hydroxyl groups excluding tert-OH is 1. The molecule has 1 aromatic heterocycles. The molecule has 1 heterocycles. The Kier molecular flexibility index (Phi) is 4.03. The van der Waals surface area contributed by atoms with Crippen LogP contribution in [0.5, 0.6) is 0 Å². The van der Waals surface area contributed by atoms with Crippen LogP contribution in [0.2, 0.25) is 0 Å². The number of carboxylic acid groups (broad SMARTS) is 1. The highest BCUT2D eigenvalue weighted by Crippen LogP contribution is 2.10. The van der Waals surface area contributed by atoms with Crippen molar-refractivity contribution in [3.8, 4) is 0 Å². The van der Waals surface area contributed by atoms with Crippen LogP contribution in [0.1, 0.15) is 23.0 Å². The molecule has 90 valence electrons. The lowest BCUT2D eigenvalue weighted by Gasteiger charge is -2.18. The predicted molar refractivity (Wildman–Crippen MR) is 58.2 cm³/mol. The SMILES string of the molecule is CC(O)CN(C)Cc1c(C(=O)O)cnn1C. The number of hydrogen-bond donors (Lipinski definition) is 2. The lowest BCUT2D eigenvalue weighted by Crippen LogP contribution is -2.28. The van der Waals surface area contributed by atoms with Gasteiger partial charge in [0.15, 0.2) is 0 Å². The van der Waals surface area contributed by atoms with E-state index in [1.54, 1.807) is 18.7 Å². The smallest absolute Gasteiger partial charge is 0.339 e. The number of likely N-dealkylation sites (N-methyl/N-ethyl adjacent to an activating group) is 1. The maximum absolute atomic E-state index is 10.9. The molecule has 0 aliphatic rings. The first-order chi connectivity index (χ1) is 7.41. The van der Waals surface area contributed by atoms with Gasteiger partial charge in [0.05, 0.1) is 18.0 Å². The first kappa shape index (κ1) is 12.7. The lowest BCUT2D eigenvalue weighted by molar-refractivity contribution is 0.0694. The fraction of sp³-hybridized carbons (Fsp3) is 0.600. The highest BCUT2D eigenvalue weighted by molar-refractivity contribution is 5.88. The number of aliphatic hydroxyl groups is 1. The molecule has 0 bridgehead atoms. The highest BCUT2D eigenvalue weighted by atomic mass is 16.4. The minimum Gasteiger partial charge on any atom is -0.478 e. The summed E-state index contributed by atoms with van der Waals surface area (Å²) in [6, 6.07) is 0. The summed E-state index contributed by atoms with van der Waals surface area (Å²) >= 11 is 0. The quantitative estimate of drug-likeness (QED) is 0.736. The number of carboxylic acids is 1. The maximum atomic E-state index is 10.9. The second kappa shape index (κ2) is 5.09. The van der Waals surface area contributed by atoms with Gasteiger partial charge in [-0.05, 0) is 14.0 Å². The van der Waals surface area contributed by atoms with Crippen molar-refractivity contribution in [2.45, 2.75) is 19.6 Å². The largest absolute Gasteiger partial charge is 0.478 e. The van der Waals surface area contributed by atoms with Gasteiger partial charge in [-0.3, -0.25) is 9.58 Å². The summed E-state index contributed by atoms with van der Waals surface area (Å²) in [6.07, 6.45) is 0.903. The Morgan fingerprint density at radius 2 is 2.31 bits per heavy atom. The van der Waals surface area contributed by atoms with Crippen LogP contribution in [0.15, 0.2) is 6.20 Å². The molecule has 0 saturated carbocycles. The topological polar surface area (TPSA) is 78.6 Å². The van der Waals surface area contributed by atoms with Gasteiger partial charge in [0.25, 0.3) is 0 Å². The Morgan fingerprint density at radius 1 is 1.69 bits per heavy atom. The molecule has 0 aromatic carbocycles. The standard InChI is InChI=1S/C10H17N3O3/c1-7(14)5-12(2)6-9-8(10(15)16)4-11-13(9)3/h4,7,14H,5-6H2,1-3H3,(H,15,16). The zero-order valence-corrected chi connectivity index (χ0v) is 9.71. The van der Waals surface area contributed by atoms with Crippen LogP contribution >= 0.6 is 0 Å². The van der Waals surface area contributed by atoms with Gasteiger partial charge in [0.1, 0.15) is 5.56 Å². The molecule has 1 aromatic rings. The molecule has 0 amide bonds.